The molecule has 1 N–H and O–H groups in total. The highest BCUT2D eigenvalue weighted by Crippen LogP contribution is 2.40. The van der Waals surface area contributed by atoms with Crippen LogP contribution in [0.3, 0.4) is 0 Å². The Kier molecular flexibility index (Phi) is 7.05. The van der Waals surface area contributed by atoms with Crippen LogP contribution in [0.4, 0.5) is 5.82 Å². The topological polar surface area (TPSA) is 90.5 Å². The minimum absolute atomic E-state index is 0.0209. The molecular formula is C29H39N7O2. The van der Waals surface area contributed by atoms with Crippen molar-refractivity contribution in [1.82, 2.24) is 30.0 Å². The lowest BCUT2D eigenvalue weighted by Gasteiger charge is -2.43. The second-order valence-electron chi connectivity index (χ2n) is 11.6. The Morgan fingerprint density at radius 3 is 2.74 bits per heavy atom. The number of hydrogen-bond acceptors (Lipinski definition) is 8. The summed E-state index contributed by atoms with van der Waals surface area (Å²) in [4.78, 5) is 27.4. The van der Waals surface area contributed by atoms with Crippen LogP contribution in [0.1, 0.15) is 46.0 Å². The van der Waals surface area contributed by atoms with E-state index in [1.165, 1.54) is 12.8 Å². The molecular weight excluding hydrogens is 478 g/mol. The van der Waals surface area contributed by atoms with Gasteiger partial charge in [-0.15, -0.1) is 0 Å². The molecule has 3 fully saturated rings. The van der Waals surface area contributed by atoms with Crippen LogP contribution in [0.25, 0.3) is 22.3 Å². The molecule has 9 nitrogen and oxygen atoms in total. The maximum absolute atomic E-state index is 10.7. The first-order valence-corrected chi connectivity index (χ1v) is 14.1. The summed E-state index contributed by atoms with van der Waals surface area (Å²) < 4.78 is 6.19. The van der Waals surface area contributed by atoms with E-state index in [0.29, 0.717) is 12.5 Å². The fraction of sp³-hybridized carbons (Fsp3) is 0.586. The average Bonchev–Trinajstić information content (AvgIpc) is 3.51. The first-order chi connectivity index (χ1) is 18.5. The Labute approximate surface area is 224 Å². The summed E-state index contributed by atoms with van der Waals surface area (Å²) in [6.45, 7) is 11.7. The summed E-state index contributed by atoms with van der Waals surface area (Å²) in [5.41, 5.74) is 2.62. The third kappa shape index (κ3) is 5.54. The molecule has 202 valence electrons. The van der Waals surface area contributed by atoms with E-state index in [2.05, 4.69) is 60.8 Å². The number of aromatic nitrogens is 4. The number of anilines is 1. The molecule has 2 saturated heterocycles. The lowest BCUT2D eigenvalue weighted by atomic mass is 9.95. The van der Waals surface area contributed by atoms with Gasteiger partial charge in [0.05, 0.1) is 11.2 Å². The molecule has 1 aliphatic carbocycles. The van der Waals surface area contributed by atoms with Gasteiger partial charge < -0.3 is 19.3 Å². The number of piperidine rings is 1. The van der Waals surface area contributed by atoms with Crippen LogP contribution in [0.5, 0.6) is 5.75 Å². The number of H-pyrrole nitrogens is 1. The quantitative estimate of drug-likeness (QED) is 0.429. The number of hydrogen-bond donors (Lipinski definition) is 1. The second kappa shape index (κ2) is 10.6. The number of ether oxygens (including phenoxy) is 1. The third-order valence-electron chi connectivity index (χ3n) is 8.60. The SMILES string of the molecule is C[C@H]1CN(c2cc(-c3n[nH]c4ccc(OC5(C)CC5)cc34)ncn2)CCN1CC1CCN(CCC=O)CC1. The zero-order valence-electron chi connectivity index (χ0n) is 22.6. The Hall–Kier alpha value is -3.04. The van der Waals surface area contributed by atoms with Crippen molar-refractivity contribution in [1.29, 1.82) is 0 Å². The summed E-state index contributed by atoms with van der Waals surface area (Å²) in [6.07, 6.45) is 8.01. The van der Waals surface area contributed by atoms with Crippen LogP contribution in [0.15, 0.2) is 30.6 Å². The molecule has 2 aliphatic heterocycles. The Bertz CT molecular complexity index is 1260. The molecule has 1 aromatic carbocycles. The molecule has 6 rings (SSSR count). The normalized spacial score (nSPS) is 22.6. The predicted molar refractivity (Wildman–Crippen MR) is 148 cm³/mol. The van der Waals surface area contributed by atoms with Crippen molar-refractivity contribution in [2.75, 3.05) is 50.7 Å². The van der Waals surface area contributed by atoms with E-state index in [1.54, 1.807) is 6.33 Å². The van der Waals surface area contributed by atoms with Crippen molar-refractivity contribution in [2.24, 2.45) is 5.92 Å². The molecule has 9 heteroatoms. The van der Waals surface area contributed by atoms with Crippen LogP contribution < -0.4 is 9.64 Å². The van der Waals surface area contributed by atoms with Crippen molar-refractivity contribution >= 4 is 23.0 Å². The molecule has 0 amide bonds. The molecule has 2 aromatic heterocycles. The standard InChI is InChI=1S/C29H39N7O2/c1-21-18-36(14-13-35(21)19-22-6-11-34(12-7-22)10-3-15-37)27-17-26(30-20-31-27)28-24-16-23(38-29(2)8-9-29)4-5-25(24)32-33-28/h4-5,15-17,20-22H,3,6-14,18-19H2,1-2H3,(H,32,33)/t21-/m0/s1. The van der Waals surface area contributed by atoms with Gasteiger partial charge in [-0.1, -0.05) is 0 Å². The van der Waals surface area contributed by atoms with Crippen molar-refractivity contribution in [3.63, 3.8) is 0 Å². The van der Waals surface area contributed by atoms with E-state index >= 15 is 0 Å². The van der Waals surface area contributed by atoms with Gasteiger partial charge in [0.2, 0.25) is 0 Å². The maximum atomic E-state index is 10.7. The smallest absolute Gasteiger partial charge is 0.132 e. The van der Waals surface area contributed by atoms with Crippen molar-refractivity contribution in [2.45, 2.75) is 57.6 Å². The maximum Gasteiger partial charge on any atom is 0.132 e. The summed E-state index contributed by atoms with van der Waals surface area (Å²) in [5.74, 6) is 2.58. The number of likely N-dealkylation sites (tertiary alicyclic amines) is 1. The number of carbonyl (C=O) groups is 1. The molecule has 0 spiro atoms. The summed E-state index contributed by atoms with van der Waals surface area (Å²) in [5, 5.41) is 8.77. The summed E-state index contributed by atoms with van der Waals surface area (Å²) in [6, 6.07) is 8.66. The minimum atomic E-state index is -0.0209. The van der Waals surface area contributed by atoms with Gasteiger partial charge in [-0.2, -0.15) is 5.10 Å². The van der Waals surface area contributed by atoms with E-state index in [9.17, 15) is 4.79 Å². The fourth-order valence-electron chi connectivity index (χ4n) is 5.90. The summed E-state index contributed by atoms with van der Waals surface area (Å²) >= 11 is 0. The third-order valence-corrected chi connectivity index (χ3v) is 8.60. The van der Waals surface area contributed by atoms with E-state index in [0.717, 1.165) is 105 Å². The first kappa shape index (κ1) is 25.2. The van der Waals surface area contributed by atoms with Crippen LogP contribution in [-0.4, -0.2) is 93.7 Å². The summed E-state index contributed by atoms with van der Waals surface area (Å²) in [7, 11) is 0. The minimum Gasteiger partial charge on any atom is -0.488 e. The lowest BCUT2D eigenvalue weighted by Crippen LogP contribution is -2.54. The molecule has 3 aromatic rings. The molecule has 4 heterocycles. The monoisotopic (exact) mass is 517 g/mol. The highest BCUT2D eigenvalue weighted by molar-refractivity contribution is 5.93. The number of aromatic amines is 1. The highest BCUT2D eigenvalue weighted by atomic mass is 16.5. The van der Waals surface area contributed by atoms with Gasteiger partial charge in [-0.05, 0) is 76.7 Å². The van der Waals surface area contributed by atoms with Gasteiger partial charge in [0.1, 0.15) is 35.5 Å². The van der Waals surface area contributed by atoms with Crippen LogP contribution in [0, 0.1) is 5.92 Å². The molecule has 1 atom stereocenters. The van der Waals surface area contributed by atoms with E-state index in [-0.39, 0.29) is 5.60 Å². The predicted octanol–water partition coefficient (Wildman–Crippen LogP) is 3.76. The second-order valence-corrected chi connectivity index (χ2v) is 11.6. The first-order valence-electron chi connectivity index (χ1n) is 14.1. The number of benzene rings is 1. The number of nitrogens with one attached hydrogen (secondary N) is 1. The number of aldehydes is 1. The number of fused-ring (bicyclic) bond motifs is 1. The molecule has 0 unspecified atom stereocenters. The van der Waals surface area contributed by atoms with Crippen molar-refractivity contribution < 1.29 is 9.53 Å². The lowest BCUT2D eigenvalue weighted by molar-refractivity contribution is -0.108. The van der Waals surface area contributed by atoms with E-state index in [4.69, 9.17) is 4.74 Å². The molecule has 38 heavy (non-hydrogen) atoms. The average molecular weight is 518 g/mol. The number of rotatable bonds is 9. The van der Waals surface area contributed by atoms with Gasteiger partial charge in [0, 0.05) is 56.6 Å². The highest BCUT2D eigenvalue weighted by Gasteiger charge is 2.40. The Morgan fingerprint density at radius 2 is 1.97 bits per heavy atom. The molecule has 1 saturated carbocycles. The largest absolute Gasteiger partial charge is 0.488 e. The number of nitrogens with zero attached hydrogens (tertiary/aromatic N) is 6. The van der Waals surface area contributed by atoms with Crippen LogP contribution >= 0.6 is 0 Å². The Balaban J connectivity index is 1.10. The van der Waals surface area contributed by atoms with Gasteiger partial charge >= 0.3 is 0 Å². The van der Waals surface area contributed by atoms with Gasteiger partial charge in [-0.3, -0.25) is 10.00 Å². The van der Waals surface area contributed by atoms with Gasteiger partial charge in [-0.25, -0.2) is 9.97 Å². The van der Waals surface area contributed by atoms with E-state index in [1.807, 2.05) is 12.1 Å². The molecule has 3 aliphatic rings. The Morgan fingerprint density at radius 1 is 1.13 bits per heavy atom. The van der Waals surface area contributed by atoms with Crippen molar-refractivity contribution in [3.05, 3.63) is 30.6 Å². The zero-order valence-corrected chi connectivity index (χ0v) is 22.6. The molecule has 0 radical (unpaired) electrons. The van der Waals surface area contributed by atoms with Gasteiger partial charge in [0.25, 0.3) is 0 Å². The van der Waals surface area contributed by atoms with E-state index < -0.39 is 0 Å². The number of carbonyl (C=O) groups excluding carboxylic acids is 1. The van der Waals surface area contributed by atoms with Crippen molar-refractivity contribution in [3.8, 4) is 17.1 Å². The molecule has 0 bridgehead atoms. The zero-order chi connectivity index (χ0) is 26.1. The van der Waals surface area contributed by atoms with Crippen LogP contribution in [0.2, 0.25) is 0 Å². The van der Waals surface area contributed by atoms with Gasteiger partial charge in [0.15, 0.2) is 0 Å². The fourth-order valence-corrected chi connectivity index (χ4v) is 5.90. The van der Waals surface area contributed by atoms with Crippen LogP contribution in [-0.2, 0) is 4.79 Å². The number of piperazine rings is 1.